The predicted molar refractivity (Wildman–Crippen MR) is 45.0 cm³/mol. The fourth-order valence-corrected chi connectivity index (χ4v) is 0.844. The first-order chi connectivity index (χ1) is 5.85. The maximum Gasteiger partial charge on any atom is 0.0827 e. The van der Waals surface area contributed by atoms with Crippen molar-refractivity contribution < 1.29 is 19.7 Å². The predicted octanol–water partition coefficient (Wildman–Crippen LogP) is -0.217. The van der Waals surface area contributed by atoms with E-state index >= 15 is 0 Å². The van der Waals surface area contributed by atoms with Crippen LogP contribution in [0.25, 0.3) is 0 Å². The Morgan fingerprint density at radius 2 is 2.00 bits per heavy atom. The number of aliphatic hydroxyl groups is 2. The van der Waals surface area contributed by atoms with Crippen molar-refractivity contribution in [1.82, 2.24) is 0 Å². The van der Waals surface area contributed by atoms with Crippen LogP contribution in [0.3, 0.4) is 0 Å². The molecule has 0 aromatic heterocycles. The van der Waals surface area contributed by atoms with Gasteiger partial charge in [-0.2, -0.15) is 0 Å². The quantitative estimate of drug-likeness (QED) is 0.505. The summed E-state index contributed by atoms with van der Waals surface area (Å²) in [5, 5.41) is 17.2. The van der Waals surface area contributed by atoms with E-state index in [-0.39, 0.29) is 19.3 Å². The molecular weight excluding hydrogens is 160 g/mol. The lowest BCUT2D eigenvalue weighted by Gasteiger charge is -2.13. The molecule has 0 aliphatic rings. The molecule has 0 amide bonds. The summed E-state index contributed by atoms with van der Waals surface area (Å²) >= 11 is 0. The van der Waals surface area contributed by atoms with Gasteiger partial charge in [-0.3, -0.25) is 0 Å². The van der Waals surface area contributed by atoms with Crippen molar-refractivity contribution in [2.45, 2.75) is 19.4 Å². The average Bonchev–Trinajstić information content (AvgIpc) is 2.10. The first-order valence-corrected chi connectivity index (χ1v) is 4.26. The molecule has 4 nitrogen and oxygen atoms in total. The molecule has 1 atom stereocenters. The minimum Gasteiger partial charge on any atom is -0.394 e. The smallest absolute Gasteiger partial charge is 0.0827 e. The van der Waals surface area contributed by atoms with E-state index in [9.17, 15) is 0 Å². The standard InChI is InChI=1S/C8H18O4/c1-2-12-8(7-10)3-5-11-6-4-9/h8-10H,2-7H2,1H3. The summed E-state index contributed by atoms with van der Waals surface area (Å²) in [6.45, 7) is 3.42. The van der Waals surface area contributed by atoms with E-state index in [4.69, 9.17) is 19.7 Å². The molecule has 0 aliphatic heterocycles. The van der Waals surface area contributed by atoms with Crippen LogP contribution in [0.5, 0.6) is 0 Å². The van der Waals surface area contributed by atoms with E-state index in [2.05, 4.69) is 0 Å². The SMILES string of the molecule is CCOC(CO)CCOCCO. The van der Waals surface area contributed by atoms with Crippen molar-refractivity contribution >= 4 is 0 Å². The van der Waals surface area contributed by atoms with Crippen molar-refractivity contribution in [2.75, 3.05) is 33.0 Å². The first kappa shape index (κ1) is 11.8. The lowest BCUT2D eigenvalue weighted by molar-refractivity contribution is -0.00791. The maximum absolute atomic E-state index is 8.78. The van der Waals surface area contributed by atoms with Gasteiger partial charge in [0.2, 0.25) is 0 Å². The van der Waals surface area contributed by atoms with Crippen LogP contribution in [0.15, 0.2) is 0 Å². The molecule has 0 radical (unpaired) electrons. The van der Waals surface area contributed by atoms with Crippen molar-refractivity contribution in [2.24, 2.45) is 0 Å². The highest BCUT2D eigenvalue weighted by molar-refractivity contribution is 4.54. The molecule has 12 heavy (non-hydrogen) atoms. The van der Waals surface area contributed by atoms with E-state index in [1.807, 2.05) is 6.92 Å². The van der Waals surface area contributed by atoms with Crippen LogP contribution in [0, 0.1) is 0 Å². The molecule has 0 aromatic carbocycles. The van der Waals surface area contributed by atoms with E-state index in [0.717, 1.165) is 0 Å². The van der Waals surface area contributed by atoms with Gasteiger partial charge in [0.05, 0.1) is 25.9 Å². The summed E-state index contributed by atoms with van der Waals surface area (Å²) in [6, 6.07) is 0. The van der Waals surface area contributed by atoms with Gasteiger partial charge in [0.1, 0.15) is 0 Å². The number of rotatable bonds is 8. The molecule has 2 N–H and O–H groups in total. The fraction of sp³-hybridized carbons (Fsp3) is 1.00. The van der Waals surface area contributed by atoms with Gasteiger partial charge < -0.3 is 19.7 Å². The summed E-state index contributed by atoms with van der Waals surface area (Å²) in [7, 11) is 0. The zero-order valence-corrected chi connectivity index (χ0v) is 7.53. The molecule has 0 saturated carbocycles. The third kappa shape index (κ3) is 6.54. The fourth-order valence-electron chi connectivity index (χ4n) is 0.844. The third-order valence-electron chi connectivity index (χ3n) is 1.43. The number of hydrogen-bond acceptors (Lipinski definition) is 4. The van der Waals surface area contributed by atoms with Gasteiger partial charge in [0.25, 0.3) is 0 Å². The van der Waals surface area contributed by atoms with Gasteiger partial charge in [0.15, 0.2) is 0 Å². The van der Waals surface area contributed by atoms with Gasteiger partial charge in [-0.15, -0.1) is 0 Å². The Morgan fingerprint density at radius 1 is 1.25 bits per heavy atom. The summed E-state index contributed by atoms with van der Waals surface area (Å²) < 4.78 is 10.2. The van der Waals surface area contributed by atoms with Crippen molar-refractivity contribution in [1.29, 1.82) is 0 Å². The number of aliphatic hydroxyl groups excluding tert-OH is 2. The molecule has 1 unspecified atom stereocenters. The van der Waals surface area contributed by atoms with Gasteiger partial charge in [-0.05, 0) is 13.3 Å². The molecule has 0 aromatic rings. The zero-order chi connectivity index (χ0) is 9.23. The Labute approximate surface area is 73.1 Å². The number of ether oxygens (including phenoxy) is 2. The molecular formula is C8H18O4. The van der Waals surface area contributed by atoms with Gasteiger partial charge in [0, 0.05) is 13.2 Å². The van der Waals surface area contributed by atoms with Crippen LogP contribution in [0.2, 0.25) is 0 Å². The van der Waals surface area contributed by atoms with Crippen LogP contribution >= 0.6 is 0 Å². The molecule has 0 aliphatic carbocycles. The maximum atomic E-state index is 8.78. The second-order valence-electron chi connectivity index (χ2n) is 2.38. The molecule has 0 bridgehead atoms. The van der Waals surface area contributed by atoms with Crippen LogP contribution in [-0.2, 0) is 9.47 Å². The van der Waals surface area contributed by atoms with Gasteiger partial charge >= 0.3 is 0 Å². The van der Waals surface area contributed by atoms with Crippen LogP contribution < -0.4 is 0 Å². The van der Waals surface area contributed by atoms with E-state index in [1.54, 1.807) is 0 Å². The van der Waals surface area contributed by atoms with Crippen molar-refractivity contribution in [3.05, 3.63) is 0 Å². The molecule has 0 fully saturated rings. The van der Waals surface area contributed by atoms with E-state index in [0.29, 0.717) is 26.2 Å². The molecule has 0 spiro atoms. The Balaban J connectivity index is 3.19. The lowest BCUT2D eigenvalue weighted by atomic mass is 10.3. The first-order valence-electron chi connectivity index (χ1n) is 4.26. The second kappa shape index (κ2) is 8.93. The summed E-state index contributed by atoms with van der Waals surface area (Å²) in [4.78, 5) is 0. The monoisotopic (exact) mass is 178 g/mol. The summed E-state index contributed by atoms with van der Waals surface area (Å²) in [5.74, 6) is 0. The third-order valence-corrected chi connectivity index (χ3v) is 1.43. The summed E-state index contributed by atoms with van der Waals surface area (Å²) in [6.07, 6.45) is 0.540. The summed E-state index contributed by atoms with van der Waals surface area (Å²) in [5.41, 5.74) is 0. The van der Waals surface area contributed by atoms with E-state index < -0.39 is 0 Å². The zero-order valence-electron chi connectivity index (χ0n) is 7.53. The van der Waals surface area contributed by atoms with Crippen molar-refractivity contribution in [3.63, 3.8) is 0 Å². The Hall–Kier alpha value is -0.160. The Morgan fingerprint density at radius 3 is 2.50 bits per heavy atom. The van der Waals surface area contributed by atoms with Crippen molar-refractivity contribution in [3.8, 4) is 0 Å². The Bertz CT molecular complexity index is 87.1. The Kier molecular flexibility index (Phi) is 8.81. The molecule has 0 rings (SSSR count). The van der Waals surface area contributed by atoms with Crippen LogP contribution in [-0.4, -0.2) is 49.4 Å². The average molecular weight is 178 g/mol. The van der Waals surface area contributed by atoms with E-state index in [1.165, 1.54) is 0 Å². The lowest BCUT2D eigenvalue weighted by Crippen LogP contribution is -2.20. The molecule has 0 heterocycles. The topological polar surface area (TPSA) is 58.9 Å². The molecule has 0 saturated heterocycles. The highest BCUT2D eigenvalue weighted by atomic mass is 16.5. The van der Waals surface area contributed by atoms with Crippen LogP contribution in [0.4, 0.5) is 0 Å². The van der Waals surface area contributed by atoms with Gasteiger partial charge in [-0.25, -0.2) is 0 Å². The molecule has 4 heteroatoms. The van der Waals surface area contributed by atoms with Gasteiger partial charge in [-0.1, -0.05) is 0 Å². The number of hydrogen-bond donors (Lipinski definition) is 2. The molecule has 74 valence electrons. The highest BCUT2D eigenvalue weighted by Crippen LogP contribution is 1.97. The minimum atomic E-state index is -0.131. The minimum absolute atomic E-state index is 0.0241. The normalized spacial score (nSPS) is 13.2. The second-order valence-corrected chi connectivity index (χ2v) is 2.38. The van der Waals surface area contributed by atoms with Crippen LogP contribution in [0.1, 0.15) is 13.3 Å². The largest absolute Gasteiger partial charge is 0.394 e. The highest BCUT2D eigenvalue weighted by Gasteiger charge is 2.05.